The molecular weight excluding hydrogens is 244 g/mol. The fraction of sp³-hybridized carbons (Fsp3) is 0.133. The van der Waals surface area contributed by atoms with Crippen molar-refractivity contribution in [1.29, 1.82) is 0 Å². The van der Waals surface area contributed by atoms with Crippen LogP contribution in [0.4, 0.5) is 0 Å². The van der Waals surface area contributed by atoms with Crippen molar-refractivity contribution in [2.24, 2.45) is 0 Å². The Morgan fingerprint density at radius 2 is 2.00 bits per heavy atom. The van der Waals surface area contributed by atoms with E-state index in [2.05, 4.69) is 0 Å². The minimum Gasteiger partial charge on any atom is -0.457 e. The van der Waals surface area contributed by atoms with Gasteiger partial charge in [-0.05, 0) is 31.2 Å². The summed E-state index contributed by atoms with van der Waals surface area (Å²) in [6.45, 7) is 1.86. The van der Waals surface area contributed by atoms with Crippen LogP contribution in [0.3, 0.4) is 0 Å². The van der Waals surface area contributed by atoms with Crippen LogP contribution in [-0.4, -0.2) is 5.97 Å². The van der Waals surface area contributed by atoms with Gasteiger partial charge in [-0.15, -0.1) is 0 Å². The van der Waals surface area contributed by atoms with Gasteiger partial charge < -0.3 is 13.6 Å². The third-order valence-electron chi connectivity index (χ3n) is 2.76. The second-order valence-corrected chi connectivity index (χ2v) is 4.24. The van der Waals surface area contributed by atoms with Crippen LogP contribution in [0.2, 0.25) is 0 Å². The normalized spacial score (nSPS) is 10.8. The van der Waals surface area contributed by atoms with Crippen molar-refractivity contribution in [2.45, 2.75) is 13.5 Å². The molecule has 0 N–H and O–H groups in total. The van der Waals surface area contributed by atoms with Gasteiger partial charge in [0.05, 0.1) is 0 Å². The van der Waals surface area contributed by atoms with E-state index in [4.69, 9.17) is 13.6 Å². The lowest BCUT2D eigenvalue weighted by Crippen LogP contribution is -2.03. The van der Waals surface area contributed by atoms with Crippen LogP contribution >= 0.6 is 0 Å². The maximum absolute atomic E-state index is 11.7. The summed E-state index contributed by atoms with van der Waals surface area (Å²) in [4.78, 5) is 11.7. The molecule has 0 atom stereocenters. The number of aryl methyl sites for hydroxylation is 1. The molecule has 0 fully saturated rings. The predicted molar refractivity (Wildman–Crippen MR) is 68.8 cm³/mol. The van der Waals surface area contributed by atoms with E-state index in [9.17, 15) is 4.79 Å². The zero-order chi connectivity index (χ0) is 13.2. The van der Waals surface area contributed by atoms with Crippen molar-refractivity contribution in [3.8, 4) is 0 Å². The zero-order valence-electron chi connectivity index (χ0n) is 10.4. The molecule has 96 valence electrons. The van der Waals surface area contributed by atoms with E-state index in [0.29, 0.717) is 11.5 Å². The Kier molecular flexibility index (Phi) is 2.83. The van der Waals surface area contributed by atoms with Crippen molar-refractivity contribution in [3.05, 3.63) is 59.7 Å². The van der Waals surface area contributed by atoms with E-state index in [1.165, 1.54) is 0 Å². The Morgan fingerprint density at radius 3 is 2.74 bits per heavy atom. The van der Waals surface area contributed by atoms with E-state index in [1.807, 2.05) is 30.3 Å². The van der Waals surface area contributed by atoms with Crippen LogP contribution in [0.1, 0.15) is 22.1 Å². The predicted octanol–water partition coefficient (Wildman–Crippen LogP) is 3.69. The second kappa shape index (κ2) is 4.65. The van der Waals surface area contributed by atoms with E-state index < -0.39 is 5.97 Å². The fourth-order valence-electron chi connectivity index (χ4n) is 1.86. The van der Waals surface area contributed by atoms with Crippen LogP contribution in [0.15, 0.2) is 51.3 Å². The van der Waals surface area contributed by atoms with E-state index in [0.717, 1.165) is 11.0 Å². The molecule has 0 unspecified atom stereocenters. The molecule has 0 radical (unpaired) electrons. The highest BCUT2D eigenvalue weighted by Crippen LogP contribution is 2.19. The standard InChI is InChI=1S/C15H12O4/c1-10-6-7-14(18-10)15(16)17-9-12-8-11-4-2-3-5-13(11)19-12/h2-8H,9H2,1H3. The van der Waals surface area contributed by atoms with Gasteiger partial charge in [0, 0.05) is 5.39 Å². The minimum atomic E-state index is -0.492. The lowest BCUT2D eigenvalue weighted by molar-refractivity contribution is 0.0410. The van der Waals surface area contributed by atoms with Crippen molar-refractivity contribution < 1.29 is 18.4 Å². The van der Waals surface area contributed by atoms with Gasteiger partial charge >= 0.3 is 5.97 Å². The van der Waals surface area contributed by atoms with Gasteiger partial charge in [0.1, 0.15) is 23.7 Å². The highest BCUT2D eigenvalue weighted by Gasteiger charge is 2.13. The quantitative estimate of drug-likeness (QED) is 0.670. The van der Waals surface area contributed by atoms with E-state index in [-0.39, 0.29) is 12.4 Å². The Labute approximate surface area is 109 Å². The van der Waals surface area contributed by atoms with Crippen LogP contribution < -0.4 is 0 Å². The molecule has 3 rings (SSSR count). The molecule has 3 aromatic rings. The zero-order valence-corrected chi connectivity index (χ0v) is 10.4. The first kappa shape index (κ1) is 11.6. The number of rotatable bonds is 3. The number of esters is 1. The first-order chi connectivity index (χ1) is 9.22. The molecule has 0 amide bonds. The number of ether oxygens (including phenoxy) is 1. The minimum absolute atomic E-state index is 0.0905. The first-order valence-corrected chi connectivity index (χ1v) is 5.93. The maximum Gasteiger partial charge on any atom is 0.374 e. The summed E-state index contributed by atoms with van der Waals surface area (Å²) in [5.74, 6) is 0.996. The smallest absolute Gasteiger partial charge is 0.374 e. The van der Waals surface area contributed by atoms with Gasteiger partial charge in [-0.2, -0.15) is 0 Å². The molecule has 0 spiro atoms. The van der Waals surface area contributed by atoms with Crippen molar-refractivity contribution >= 4 is 16.9 Å². The van der Waals surface area contributed by atoms with Gasteiger partial charge in [0.2, 0.25) is 5.76 Å². The molecule has 1 aromatic carbocycles. The van der Waals surface area contributed by atoms with Crippen LogP contribution in [-0.2, 0) is 11.3 Å². The molecule has 19 heavy (non-hydrogen) atoms. The first-order valence-electron chi connectivity index (χ1n) is 5.93. The molecule has 0 saturated heterocycles. The third-order valence-corrected chi connectivity index (χ3v) is 2.76. The van der Waals surface area contributed by atoms with E-state index >= 15 is 0 Å². The molecule has 0 aliphatic heterocycles. The lowest BCUT2D eigenvalue weighted by Gasteiger charge is -1.99. The van der Waals surface area contributed by atoms with Crippen molar-refractivity contribution in [3.63, 3.8) is 0 Å². The monoisotopic (exact) mass is 256 g/mol. The van der Waals surface area contributed by atoms with Crippen molar-refractivity contribution in [2.75, 3.05) is 0 Å². The van der Waals surface area contributed by atoms with Crippen LogP contribution in [0.5, 0.6) is 0 Å². The Bertz CT molecular complexity index is 687. The Morgan fingerprint density at radius 1 is 1.16 bits per heavy atom. The summed E-state index contributed by atoms with van der Waals surface area (Å²) < 4.78 is 15.9. The summed E-state index contributed by atoms with van der Waals surface area (Å²) in [7, 11) is 0. The molecule has 4 heteroatoms. The number of carbonyl (C=O) groups excluding carboxylic acids is 1. The summed E-state index contributed by atoms with van der Waals surface area (Å²) >= 11 is 0. The summed E-state index contributed by atoms with van der Waals surface area (Å²) in [5.41, 5.74) is 0.780. The number of benzene rings is 1. The van der Waals surface area contributed by atoms with Gasteiger partial charge in [-0.3, -0.25) is 0 Å². The number of carbonyl (C=O) groups is 1. The fourth-order valence-corrected chi connectivity index (χ4v) is 1.86. The molecule has 0 saturated carbocycles. The molecule has 2 heterocycles. The number of fused-ring (bicyclic) bond motifs is 1. The van der Waals surface area contributed by atoms with Crippen LogP contribution in [0, 0.1) is 6.92 Å². The summed E-state index contributed by atoms with van der Waals surface area (Å²) in [6.07, 6.45) is 0. The Balaban J connectivity index is 1.70. The number of para-hydroxylation sites is 1. The molecule has 0 bridgehead atoms. The van der Waals surface area contributed by atoms with E-state index in [1.54, 1.807) is 19.1 Å². The van der Waals surface area contributed by atoms with Gasteiger partial charge in [-0.1, -0.05) is 18.2 Å². The summed E-state index contributed by atoms with van der Waals surface area (Å²) in [5, 5.41) is 0.988. The molecule has 4 nitrogen and oxygen atoms in total. The number of hydrogen-bond donors (Lipinski definition) is 0. The SMILES string of the molecule is Cc1ccc(C(=O)OCc2cc3ccccc3o2)o1. The number of furan rings is 2. The highest BCUT2D eigenvalue weighted by atomic mass is 16.6. The van der Waals surface area contributed by atoms with Gasteiger partial charge in [0.25, 0.3) is 0 Å². The van der Waals surface area contributed by atoms with Crippen LogP contribution in [0.25, 0.3) is 11.0 Å². The average molecular weight is 256 g/mol. The molecule has 2 aromatic heterocycles. The largest absolute Gasteiger partial charge is 0.457 e. The molecule has 0 aliphatic rings. The number of hydrogen-bond acceptors (Lipinski definition) is 4. The average Bonchev–Trinajstić information content (AvgIpc) is 3.01. The molecule has 0 aliphatic carbocycles. The maximum atomic E-state index is 11.7. The van der Waals surface area contributed by atoms with Gasteiger partial charge in [0.15, 0.2) is 0 Å². The van der Waals surface area contributed by atoms with Crippen molar-refractivity contribution in [1.82, 2.24) is 0 Å². The second-order valence-electron chi connectivity index (χ2n) is 4.24. The molecular formula is C15H12O4. The lowest BCUT2D eigenvalue weighted by atomic mass is 10.2. The third kappa shape index (κ3) is 2.38. The Hall–Kier alpha value is -2.49. The van der Waals surface area contributed by atoms with Gasteiger partial charge in [-0.25, -0.2) is 4.79 Å². The highest BCUT2D eigenvalue weighted by molar-refractivity contribution is 5.86. The topological polar surface area (TPSA) is 52.6 Å². The summed E-state index contributed by atoms with van der Waals surface area (Å²) in [6, 6.07) is 12.8.